The number of hydrogen-bond donors (Lipinski definition) is 2. The van der Waals surface area contributed by atoms with Crippen LogP contribution < -0.4 is 0 Å². The van der Waals surface area contributed by atoms with Gasteiger partial charge < -0.3 is 15.1 Å². The molecule has 4 atom stereocenters. The Morgan fingerprint density at radius 2 is 2.00 bits per heavy atom. The largest absolute Gasteiger partial charge is 0.386 e. The Kier molecular flexibility index (Phi) is 3.96. The Balaban J connectivity index is 2.16. The van der Waals surface area contributed by atoms with E-state index in [1.165, 1.54) is 19.1 Å². The van der Waals surface area contributed by atoms with E-state index in [1.54, 1.807) is 0 Å². The second-order valence-electron chi connectivity index (χ2n) is 4.52. The molecule has 1 heterocycles. The van der Waals surface area contributed by atoms with E-state index in [2.05, 4.69) is 5.16 Å². The molecule has 2 rings (SSSR count). The normalized spacial score (nSPS) is 24.7. The van der Waals surface area contributed by atoms with Gasteiger partial charge in [-0.2, -0.15) is 0 Å². The van der Waals surface area contributed by atoms with Crippen LogP contribution in [0.3, 0.4) is 0 Å². The number of nitrogens with zero attached hydrogens (tertiary/aromatic N) is 2. The minimum absolute atomic E-state index is 0.116. The van der Waals surface area contributed by atoms with Crippen molar-refractivity contribution in [1.29, 1.82) is 0 Å². The van der Waals surface area contributed by atoms with Gasteiger partial charge in [0, 0.05) is 4.92 Å². The number of nitro groups is 1. The molecule has 0 aromatic heterocycles. The van der Waals surface area contributed by atoms with Crippen molar-refractivity contribution >= 4 is 5.71 Å². The summed E-state index contributed by atoms with van der Waals surface area (Å²) in [6, 6.07) is 3.49. The Bertz CT molecular complexity index is 533. The zero-order chi connectivity index (χ0) is 14.9. The average molecular weight is 284 g/mol. The Labute approximate surface area is 113 Å². The van der Waals surface area contributed by atoms with Crippen molar-refractivity contribution in [2.45, 2.75) is 31.3 Å². The van der Waals surface area contributed by atoms with Gasteiger partial charge in [0.1, 0.15) is 23.7 Å². The molecule has 0 bridgehead atoms. The molecule has 1 aliphatic heterocycles. The first kappa shape index (κ1) is 14.4. The van der Waals surface area contributed by atoms with Gasteiger partial charge in [-0.15, -0.1) is 0 Å². The number of hydrogen-bond acceptors (Lipinski definition) is 6. The third-order valence-electron chi connectivity index (χ3n) is 3.16. The van der Waals surface area contributed by atoms with Crippen molar-refractivity contribution in [3.63, 3.8) is 0 Å². The highest BCUT2D eigenvalue weighted by Gasteiger charge is 2.48. The first-order valence-corrected chi connectivity index (χ1v) is 5.87. The van der Waals surface area contributed by atoms with E-state index >= 15 is 0 Å². The highest BCUT2D eigenvalue weighted by Crippen LogP contribution is 2.26. The highest BCUT2D eigenvalue weighted by atomic mass is 19.1. The number of aliphatic hydroxyl groups is 2. The summed E-state index contributed by atoms with van der Waals surface area (Å²) in [5.74, 6) is -0.491. The molecule has 0 spiro atoms. The zero-order valence-corrected chi connectivity index (χ0v) is 10.5. The van der Waals surface area contributed by atoms with Gasteiger partial charge in [0.2, 0.25) is 6.10 Å². The Morgan fingerprint density at radius 1 is 1.40 bits per heavy atom. The molecule has 0 amide bonds. The molecule has 0 unspecified atom stereocenters. The van der Waals surface area contributed by atoms with E-state index in [9.17, 15) is 24.7 Å². The fourth-order valence-electron chi connectivity index (χ4n) is 2.05. The van der Waals surface area contributed by atoms with Crippen molar-refractivity contribution in [1.82, 2.24) is 0 Å². The van der Waals surface area contributed by atoms with E-state index in [4.69, 9.17) is 4.84 Å². The van der Waals surface area contributed by atoms with Crippen molar-refractivity contribution in [3.05, 3.63) is 45.8 Å². The van der Waals surface area contributed by atoms with Crippen molar-refractivity contribution < 1.29 is 24.4 Å². The van der Waals surface area contributed by atoms with Gasteiger partial charge in [-0.3, -0.25) is 10.1 Å². The van der Waals surface area contributed by atoms with Gasteiger partial charge in [-0.1, -0.05) is 17.3 Å². The first-order valence-electron chi connectivity index (χ1n) is 5.87. The maximum atomic E-state index is 12.8. The van der Waals surface area contributed by atoms with Gasteiger partial charge >= 0.3 is 0 Å². The third-order valence-corrected chi connectivity index (χ3v) is 3.16. The fourth-order valence-corrected chi connectivity index (χ4v) is 2.05. The molecule has 1 aromatic carbocycles. The smallest absolute Gasteiger partial charge is 0.295 e. The molecule has 1 aliphatic rings. The molecular weight excluding hydrogens is 271 g/mol. The SMILES string of the molecule is CC1=NO[C@H]([C@@H](O)[C@H](O)c2ccc(F)cc2)[C@H]1[N+](=O)[O-]. The van der Waals surface area contributed by atoms with Crippen LogP contribution in [0.4, 0.5) is 4.39 Å². The van der Waals surface area contributed by atoms with Gasteiger partial charge in [0.05, 0.1) is 0 Å². The predicted octanol–water partition coefficient (Wildman–Crippen LogP) is 0.640. The van der Waals surface area contributed by atoms with Crippen LogP contribution in [0, 0.1) is 15.9 Å². The average Bonchev–Trinajstić information content (AvgIpc) is 2.80. The van der Waals surface area contributed by atoms with E-state index in [-0.39, 0.29) is 11.3 Å². The Hall–Kier alpha value is -2.06. The summed E-state index contributed by atoms with van der Waals surface area (Å²) in [6.07, 6.45) is -4.29. The summed E-state index contributed by atoms with van der Waals surface area (Å²) in [6.45, 7) is 1.41. The van der Waals surface area contributed by atoms with Crippen LogP contribution in [0.15, 0.2) is 29.4 Å². The molecule has 8 heteroatoms. The van der Waals surface area contributed by atoms with E-state index in [0.717, 1.165) is 12.1 Å². The lowest BCUT2D eigenvalue weighted by Crippen LogP contribution is -2.45. The number of rotatable bonds is 4. The summed E-state index contributed by atoms with van der Waals surface area (Å²) in [4.78, 5) is 15.1. The topological polar surface area (TPSA) is 105 Å². The van der Waals surface area contributed by atoms with Gasteiger partial charge in [0.15, 0.2) is 0 Å². The molecule has 0 fully saturated rings. The third kappa shape index (κ3) is 2.61. The van der Waals surface area contributed by atoms with Crippen LogP contribution in [-0.4, -0.2) is 39.1 Å². The number of halogens is 1. The maximum Gasteiger partial charge on any atom is 0.295 e. The minimum atomic E-state index is -1.56. The second-order valence-corrected chi connectivity index (χ2v) is 4.52. The van der Waals surface area contributed by atoms with Crippen LogP contribution >= 0.6 is 0 Å². The van der Waals surface area contributed by atoms with E-state index in [1.807, 2.05) is 0 Å². The summed E-state index contributed by atoms with van der Waals surface area (Å²) >= 11 is 0. The molecule has 0 saturated heterocycles. The minimum Gasteiger partial charge on any atom is -0.386 e. The summed E-state index contributed by atoms with van der Waals surface area (Å²) in [5.41, 5.74) is 0.347. The summed E-state index contributed by atoms with van der Waals surface area (Å²) in [5, 5.41) is 34.4. The van der Waals surface area contributed by atoms with Gasteiger partial charge in [-0.05, 0) is 24.6 Å². The van der Waals surface area contributed by atoms with Crippen LogP contribution in [0.25, 0.3) is 0 Å². The number of benzene rings is 1. The molecular formula is C12H13FN2O5. The lowest BCUT2D eigenvalue weighted by molar-refractivity contribution is -0.514. The van der Waals surface area contributed by atoms with Gasteiger partial charge in [-0.25, -0.2) is 4.39 Å². The Morgan fingerprint density at radius 3 is 2.55 bits per heavy atom. The van der Waals surface area contributed by atoms with Crippen LogP contribution in [0.5, 0.6) is 0 Å². The lowest BCUT2D eigenvalue weighted by atomic mass is 9.95. The van der Waals surface area contributed by atoms with E-state index < -0.39 is 35.1 Å². The highest BCUT2D eigenvalue weighted by molar-refractivity contribution is 5.87. The zero-order valence-electron chi connectivity index (χ0n) is 10.5. The summed E-state index contributed by atoms with van der Waals surface area (Å²) in [7, 11) is 0. The molecule has 2 N–H and O–H groups in total. The van der Waals surface area contributed by atoms with Crippen molar-refractivity contribution in [2.24, 2.45) is 5.16 Å². The molecule has 20 heavy (non-hydrogen) atoms. The standard InChI is InChI=1S/C12H13FN2O5/c1-6-9(15(18)19)12(20-14-6)11(17)10(16)7-2-4-8(13)5-3-7/h2-5,9-12,16-17H,1H3/t9-,10+,11-,12-/m0/s1. The molecule has 7 nitrogen and oxygen atoms in total. The monoisotopic (exact) mass is 284 g/mol. The lowest BCUT2D eigenvalue weighted by Gasteiger charge is -2.23. The number of aliphatic hydroxyl groups excluding tert-OH is 2. The molecule has 1 aromatic rings. The predicted molar refractivity (Wildman–Crippen MR) is 66.1 cm³/mol. The molecule has 0 aliphatic carbocycles. The second kappa shape index (κ2) is 5.51. The molecule has 0 radical (unpaired) electrons. The summed E-state index contributed by atoms with van der Waals surface area (Å²) < 4.78 is 12.8. The van der Waals surface area contributed by atoms with Crippen LogP contribution in [0.1, 0.15) is 18.6 Å². The van der Waals surface area contributed by atoms with E-state index in [0.29, 0.717) is 0 Å². The fraction of sp³-hybridized carbons (Fsp3) is 0.417. The first-order chi connectivity index (χ1) is 9.41. The molecule has 0 saturated carbocycles. The van der Waals surface area contributed by atoms with Crippen LogP contribution in [-0.2, 0) is 4.84 Å². The quantitative estimate of drug-likeness (QED) is 0.623. The number of oxime groups is 1. The molecule has 108 valence electrons. The van der Waals surface area contributed by atoms with Crippen molar-refractivity contribution in [3.8, 4) is 0 Å². The maximum absolute atomic E-state index is 12.8. The van der Waals surface area contributed by atoms with Crippen molar-refractivity contribution in [2.75, 3.05) is 0 Å². The van der Waals surface area contributed by atoms with Gasteiger partial charge in [0.25, 0.3) is 6.04 Å². The van der Waals surface area contributed by atoms with Crippen LogP contribution in [0.2, 0.25) is 0 Å².